The first kappa shape index (κ1) is 22.0. The monoisotopic (exact) mass is 436 g/mol. The number of aliphatic hydroxyl groups excluding tert-OH is 2. The first-order chi connectivity index (χ1) is 15.4. The number of hydrazine groups is 1. The van der Waals surface area contributed by atoms with Crippen LogP contribution in [0.4, 0.5) is 5.69 Å². The zero-order valence-electron chi connectivity index (χ0n) is 17.9. The number of anilines is 1. The van der Waals surface area contributed by atoms with E-state index in [1.54, 1.807) is 6.92 Å². The van der Waals surface area contributed by atoms with Gasteiger partial charge in [0.2, 0.25) is 0 Å². The first-order valence-electron chi connectivity index (χ1n) is 10.8. The third-order valence-corrected chi connectivity index (χ3v) is 5.93. The number of carbonyl (C=O) groups excluding carboxylic acids is 2. The van der Waals surface area contributed by atoms with Crippen LogP contribution in [0.2, 0.25) is 0 Å². The number of benzene rings is 2. The molecule has 2 amide bonds. The molecule has 168 valence electrons. The van der Waals surface area contributed by atoms with Crippen LogP contribution in [0.3, 0.4) is 0 Å². The molecule has 3 atom stereocenters. The van der Waals surface area contributed by atoms with Crippen molar-refractivity contribution in [2.75, 3.05) is 18.1 Å². The predicted octanol–water partition coefficient (Wildman–Crippen LogP) is 1.01. The van der Waals surface area contributed by atoms with Crippen molar-refractivity contribution in [3.05, 3.63) is 77.5 Å². The fraction of sp³-hybridized carbons (Fsp3) is 0.333. The van der Waals surface area contributed by atoms with Gasteiger partial charge in [-0.25, -0.2) is 5.43 Å². The SMILES string of the molecule is C[C@@H](NC(=O)[C@H](O)[C@@H](O)C(=O)N1CCc2ccccc2C1)c1ccc(N2C=CCN2)cc1. The Morgan fingerprint density at radius 2 is 1.75 bits per heavy atom. The van der Waals surface area contributed by atoms with Crippen LogP contribution in [0.15, 0.2) is 60.8 Å². The number of nitrogens with zero attached hydrogens (tertiary/aromatic N) is 2. The molecule has 0 saturated heterocycles. The molecular weight excluding hydrogens is 408 g/mol. The molecule has 2 heterocycles. The van der Waals surface area contributed by atoms with Crippen LogP contribution in [-0.4, -0.2) is 52.2 Å². The van der Waals surface area contributed by atoms with Crippen LogP contribution < -0.4 is 15.8 Å². The summed E-state index contributed by atoms with van der Waals surface area (Å²) in [7, 11) is 0. The summed E-state index contributed by atoms with van der Waals surface area (Å²) in [5, 5.41) is 25.3. The van der Waals surface area contributed by atoms with Crippen LogP contribution in [0.25, 0.3) is 0 Å². The van der Waals surface area contributed by atoms with Crippen LogP contribution >= 0.6 is 0 Å². The molecule has 0 radical (unpaired) electrons. The summed E-state index contributed by atoms with van der Waals surface area (Å²) in [6, 6.07) is 15.0. The quantitative estimate of drug-likeness (QED) is 0.539. The maximum atomic E-state index is 12.7. The maximum Gasteiger partial charge on any atom is 0.255 e. The summed E-state index contributed by atoms with van der Waals surface area (Å²) in [5.41, 5.74) is 7.16. The molecular formula is C24H28N4O4. The van der Waals surface area contributed by atoms with E-state index < -0.39 is 30.1 Å². The average molecular weight is 437 g/mol. The van der Waals surface area contributed by atoms with E-state index >= 15 is 0 Å². The fourth-order valence-corrected chi connectivity index (χ4v) is 3.99. The topological polar surface area (TPSA) is 105 Å². The summed E-state index contributed by atoms with van der Waals surface area (Å²) < 4.78 is 0. The second-order valence-corrected chi connectivity index (χ2v) is 8.11. The standard InChI is InChI=1S/C24H28N4O4/c1-16(17-7-9-20(10-8-17)28-13-4-12-25-28)26-23(31)21(29)22(30)24(32)27-14-11-18-5-2-3-6-19(18)15-27/h2-10,13,16,21-22,25,29-30H,11-12,14-15H2,1H3,(H,26,31)/t16-,21-,22-/m1/s1. The van der Waals surface area contributed by atoms with Crippen molar-refractivity contribution in [3.63, 3.8) is 0 Å². The van der Waals surface area contributed by atoms with E-state index in [-0.39, 0.29) is 0 Å². The zero-order chi connectivity index (χ0) is 22.7. The van der Waals surface area contributed by atoms with Crippen molar-refractivity contribution in [2.24, 2.45) is 0 Å². The van der Waals surface area contributed by atoms with Gasteiger partial charge in [-0.2, -0.15) is 0 Å². The number of aliphatic hydroxyl groups is 2. The third-order valence-electron chi connectivity index (χ3n) is 5.93. The Morgan fingerprint density at radius 3 is 2.44 bits per heavy atom. The smallest absolute Gasteiger partial charge is 0.255 e. The first-order valence-corrected chi connectivity index (χ1v) is 10.8. The van der Waals surface area contributed by atoms with Gasteiger partial charge in [0, 0.05) is 25.8 Å². The van der Waals surface area contributed by atoms with Crippen molar-refractivity contribution in [3.8, 4) is 0 Å². The van der Waals surface area contributed by atoms with Gasteiger partial charge in [0.1, 0.15) is 0 Å². The van der Waals surface area contributed by atoms with Crippen LogP contribution in [-0.2, 0) is 22.6 Å². The van der Waals surface area contributed by atoms with Gasteiger partial charge in [0.15, 0.2) is 12.2 Å². The Labute approximate surface area is 187 Å². The van der Waals surface area contributed by atoms with E-state index in [0.717, 1.165) is 23.4 Å². The number of amides is 2. The predicted molar refractivity (Wildman–Crippen MR) is 120 cm³/mol. The number of nitrogens with one attached hydrogen (secondary N) is 2. The fourth-order valence-electron chi connectivity index (χ4n) is 3.99. The highest BCUT2D eigenvalue weighted by molar-refractivity contribution is 5.91. The number of hydrogen-bond acceptors (Lipinski definition) is 6. The van der Waals surface area contributed by atoms with Crippen molar-refractivity contribution < 1.29 is 19.8 Å². The molecule has 0 bridgehead atoms. The summed E-state index contributed by atoms with van der Waals surface area (Å²) in [4.78, 5) is 26.7. The van der Waals surface area contributed by atoms with Gasteiger partial charge in [-0.15, -0.1) is 0 Å². The lowest BCUT2D eigenvalue weighted by atomic mass is 9.99. The van der Waals surface area contributed by atoms with Crippen molar-refractivity contribution in [1.29, 1.82) is 0 Å². The molecule has 0 fully saturated rings. The van der Waals surface area contributed by atoms with Gasteiger partial charge < -0.3 is 20.4 Å². The van der Waals surface area contributed by atoms with Crippen LogP contribution in [0, 0.1) is 0 Å². The molecule has 2 aromatic rings. The van der Waals surface area contributed by atoms with Gasteiger partial charge in [0.25, 0.3) is 11.8 Å². The molecule has 4 N–H and O–H groups in total. The lowest BCUT2D eigenvalue weighted by Crippen LogP contribution is -2.51. The molecule has 2 aliphatic rings. The summed E-state index contributed by atoms with van der Waals surface area (Å²) in [5.74, 6) is -1.44. The molecule has 8 heteroatoms. The molecule has 0 aliphatic carbocycles. The molecule has 2 aliphatic heterocycles. The molecule has 2 aromatic carbocycles. The third kappa shape index (κ3) is 4.67. The van der Waals surface area contributed by atoms with Gasteiger partial charge in [-0.3, -0.25) is 14.6 Å². The molecule has 32 heavy (non-hydrogen) atoms. The normalized spacial score (nSPS) is 18.1. The molecule has 4 rings (SSSR count). The highest BCUT2D eigenvalue weighted by Gasteiger charge is 2.35. The molecule has 8 nitrogen and oxygen atoms in total. The highest BCUT2D eigenvalue weighted by Crippen LogP contribution is 2.21. The van der Waals surface area contributed by atoms with E-state index in [0.29, 0.717) is 19.5 Å². The van der Waals surface area contributed by atoms with Crippen molar-refractivity contribution in [2.45, 2.75) is 38.1 Å². The number of hydrogen-bond donors (Lipinski definition) is 4. The Bertz CT molecular complexity index is 1010. The van der Waals surface area contributed by atoms with Gasteiger partial charge >= 0.3 is 0 Å². The molecule has 0 aromatic heterocycles. The minimum atomic E-state index is -1.85. The number of fused-ring (bicyclic) bond motifs is 1. The lowest BCUT2D eigenvalue weighted by molar-refractivity contribution is -0.154. The van der Waals surface area contributed by atoms with Crippen molar-refractivity contribution >= 4 is 17.5 Å². The van der Waals surface area contributed by atoms with Gasteiger partial charge in [-0.1, -0.05) is 42.5 Å². The van der Waals surface area contributed by atoms with Gasteiger partial charge in [-0.05, 0) is 42.2 Å². The Hall–Kier alpha value is -3.20. The second kappa shape index (κ2) is 9.52. The lowest BCUT2D eigenvalue weighted by Gasteiger charge is -2.31. The summed E-state index contributed by atoms with van der Waals surface area (Å²) in [6.07, 6.45) is 0.957. The highest BCUT2D eigenvalue weighted by atomic mass is 16.3. The van der Waals surface area contributed by atoms with E-state index in [1.807, 2.05) is 65.8 Å². The molecule has 0 saturated carbocycles. The number of rotatable bonds is 6. The average Bonchev–Trinajstić information content (AvgIpc) is 3.37. The summed E-state index contributed by atoms with van der Waals surface area (Å²) in [6.45, 7) is 3.34. The van der Waals surface area contributed by atoms with E-state index in [2.05, 4.69) is 10.7 Å². The molecule has 0 spiro atoms. The Morgan fingerprint density at radius 1 is 1.03 bits per heavy atom. The van der Waals surface area contributed by atoms with E-state index in [9.17, 15) is 19.8 Å². The largest absolute Gasteiger partial charge is 0.380 e. The van der Waals surface area contributed by atoms with Gasteiger partial charge in [0.05, 0.1) is 11.7 Å². The van der Waals surface area contributed by atoms with Crippen LogP contribution in [0.5, 0.6) is 0 Å². The minimum Gasteiger partial charge on any atom is -0.380 e. The minimum absolute atomic E-state index is 0.351. The van der Waals surface area contributed by atoms with E-state index in [4.69, 9.17) is 0 Å². The van der Waals surface area contributed by atoms with E-state index in [1.165, 1.54) is 10.5 Å². The number of carbonyl (C=O) groups is 2. The maximum absolute atomic E-state index is 12.7. The Balaban J connectivity index is 1.33. The molecule has 0 unspecified atom stereocenters. The summed E-state index contributed by atoms with van der Waals surface area (Å²) >= 11 is 0. The van der Waals surface area contributed by atoms with Crippen molar-refractivity contribution in [1.82, 2.24) is 15.6 Å². The Kier molecular flexibility index (Phi) is 6.55. The van der Waals surface area contributed by atoms with Crippen LogP contribution in [0.1, 0.15) is 29.7 Å². The second-order valence-electron chi connectivity index (χ2n) is 8.11. The zero-order valence-corrected chi connectivity index (χ0v) is 17.9.